The highest BCUT2D eigenvalue weighted by Gasteiger charge is 2.76. The fourth-order valence-corrected chi connectivity index (χ4v) is 4.96. The second-order valence-corrected chi connectivity index (χ2v) is 8.52. The normalized spacial score (nSPS) is 14.3. The van der Waals surface area contributed by atoms with Crippen LogP contribution in [0.15, 0.2) is 50.5 Å². The number of rotatable bonds is 5. The van der Waals surface area contributed by atoms with E-state index in [0.29, 0.717) is 5.56 Å². The van der Waals surface area contributed by atoms with Crippen LogP contribution in [-0.2, 0) is 17.2 Å². The van der Waals surface area contributed by atoms with E-state index in [9.17, 15) is 34.9 Å². The summed E-state index contributed by atoms with van der Waals surface area (Å²) < 4.78 is 104. The average molecular weight is 543 g/mol. The Hall–Kier alpha value is -1.01. The smallest absolute Gasteiger partial charge is 0.264 e. The topological polar surface area (TPSA) is 30.0 Å². The van der Waals surface area contributed by atoms with Gasteiger partial charge in [0.15, 0.2) is 0 Å². The minimum absolute atomic E-state index is 0.0683. The SMILES string of the molecule is O=S(c1cc(Br)cc(Br)c1Cc1cccnc1)C(F)(F)C(F)(F)C(F)(F)F. The number of pyridine rings is 1. The van der Waals surface area contributed by atoms with Crippen molar-refractivity contribution in [1.29, 1.82) is 0 Å². The van der Waals surface area contributed by atoms with Crippen LogP contribution in [0.2, 0.25) is 0 Å². The van der Waals surface area contributed by atoms with Crippen molar-refractivity contribution in [1.82, 2.24) is 4.98 Å². The third-order valence-electron chi connectivity index (χ3n) is 3.38. The molecule has 2 aromatic rings. The lowest BCUT2D eigenvalue weighted by atomic mass is 10.1. The molecule has 0 spiro atoms. The molecule has 2 rings (SSSR count). The van der Waals surface area contributed by atoms with Crippen LogP contribution in [0, 0.1) is 0 Å². The van der Waals surface area contributed by atoms with Gasteiger partial charge in [-0.05, 0) is 29.3 Å². The molecule has 0 radical (unpaired) electrons. The van der Waals surface area contributed by atoms with Crippen molar-refractivity contribution < 1.29 is 34.9 Å². The molecule has 27 heavy (non-hydrogen) atoms. The van der Waals surface area contributed by atoms with Crippen molar-refractivity contribution in [2.24, 2.45) is 0 Å². The minimum atomic E-state index is -6.57. The number of alkyl halides is 7. The van der Waals surface area contributed by atoms with Gasteiger partial charge in [-0.2, -0.15) is 30.7 Å². The number of nitrogens with zero attached hydrogens (tertiary/aromatic N) is 1. The lowest BCUT2D eigenvalue weighted by Gasteiger charge is -2.28. The van der Waals surface area contributed by atoms with E-state index < -0.39 is 33.0 Å². The first-order valence-corrected chi connectivity index (χ1v) is 9.63. The molecule has 2 nitrogen and oxygen atoms in total. The number of hydrogen-bond acceptors (Lipinski definition) is 2. The van der Waals surface area contributed by atoms with Crippen molar-refractivity contribution in [2.45, 2.75) is 28.7 Å². The Kier molecular flexibility index (Phi) is 6.42. The Morgan fingerprint density at radius 1 is 1.04 bits per heavy atom. The molecule has 1 heterocycles. The maximum Gasteiger partial charge on any atom is 0.461 e. The van der Waals surface area contributed by atoms with E-state index in [1.165, 1.54) is 30.6 Å². The van der Waals surface area contributed by atoms with E-state index in [1.54, 1.807) is 0 Å². The molecule has 0 saturated heterocycles. The van der Waals surface area contributed by atoms with E-state index in [-0.39, 0.29) is 20.9 Å². The minimum Gasteiger partial charge on any atom is -0.264 e. The van der Waals surface area contributed by atoms with Crippen LogP contribution in [-0.4, -0.2) is 26.5 Å². The Balaban J connectivity index is 2.59. The van der Waals surface area contributed by atoms with Crippen LogP contribution in [0.3, 0.4) is 0 Å². The lowest BCUT2D eigenvalue weighted by Crippen LogP contribution is -2.54. The maximum atomic E-state index is 13.9. The molecule has 0 aliphatic carbocycles. The largest absolute Gasteiger partial charge is 0.461 e. The fraction of sp³-hybridized carbons (Fsp3) is 0.267. The van der Waals surface area contributed by atoms with Crippen LogP contribution in [0.1, 0.15) is 11.1 Å². The summed E-state index contributed by atoms with van der Waals surface area (Å²) in [4.78, 5) is 2.95. The zero-order valence-electron chi connectivity index (χ0n) is 12.8. The van der Waals surface area contributed by atoms with E-state index in [4.69, 9.17) is 0 Å². The molecule has 1 atom stereocenters. The molecule has 0 saturated carbocycles. The van der Waals surface area contributed by atoms with Gasteiger partial charge in [0, 0.05) is 27.8 Å². The quantitative estimate of drug-likeness (QED) is 0.428. The van der Waals surface area contributed by atoms with Crippen LogP contribution in [0.4, 0.5) is 30.7 Å². The summed E-state index contributed by atoms with van der Waals surface area (Å²) in [6.07, 6.45) is -3.96. The van der Waals surface area contributed by atoms with E-state index in [1.807, 2.05) is 0 Å². The molecule has 0 aliphatic heterocycles. The van der Waals surface area contributed by atoms with Gasteiger partial charge in [0.1, 0.15) is 10.8 Å². The Bertz CT molecular complexity index is 859. The van der Waals surface area contributed by atoms with Crippen molar-refractivity contribution >= 4 is 42.7 Å². The van der Waals surface area contributed by atoms with Crippen molar-refractivity contribution in [2.75, 3.05) is 0 Å². The number of halogens is 9. The van der Waals surface area contributed by atoms with Gasteiger partial charge in [-0.1, -0.05) is 37.9 Å². The highest BCUT2D eigenvalue weighted by Crippen LogP contribution is 2.50. The lowest BCUT2D eigenvalue weighted by molar-refractivity contribution is -0.331. The second-order valence-electron chi connectivity index (χ2n) is 5.26. The molecule has 0 bridgehead atoms. The fourth-order valence-electron chi connectivity index (χ4n) is 2.04. The maximum absolute atomic E-state index is 13.9. The highest BCUT2D eigenvalue weighted by molar-refractivity contribution is 9.11. The molecule has 0 N–H and O–H groups in total. The van der Waals surface area contributed by atoms with E-state index >= 15 is 0 Å². The van der Waals surface area contributed by atoms with E-state index in [2.05, 4.69) is 36.8 Å². The molecule has 0 aliphatic rings. The van der Waals surface area contributed by atoms with E-state index in [0.717, 1.165) is 6.07 Å². The summed E-state index contributed by atoms with van der Waals surface area (Å²) in [6, 6.07) is 5.25. The van der Waals surface area contributed by atoms with Gasteiger partial charge < -0.3 is 0 Å². The van der Waals surface area contributed by atoms with Gasteiger partial charge in [0.25, 0.3) is 0 Å². The summed E-state index contributed by atoms with van der Waals surface area (Å²) in [5, 5.41) is -5.88. The van der Waals surface area contributed by atoms with Crippen LogP contribution in [0.25, 0.3) is 0 Å². The Morgan fingerprint density at radius 2 is 1.67 bits per heavy atom. The van der Waals surface area contributed by atoms with Crippen LogP contribution < -0.4 is 0 Å². The molecule has 0 fully saturated rings. The first-order chi connectivity index (χ1) is 12.3. The van der Waals surface area contributed by atoms with Gasteiger partial charge >= 0.3 is 17.4 Å². The molecule has 1 aromatic heterocycles. The molecular formula is C15H8Br2F7NOS. The standard InChI is InChI=1S/C15H8Br2F7NOS/c16-9-5-11(17)10(4-8-2-1-3-25-7-8)12(6-9)27(26)15(23,24)13(18,19)14(20,21)22/h1-3,5-7H,4H2. The summed E-state index contributed by atoms with van der Waals surface area (Å²) in [6.45, 7) is 0. The molecule has 148 valence electrons. The van der Waals surface area contributed by atoms with Gasteiger partial charge in [0.05, 0.1) is 4.90 Å². The first kappa shape index (κ1) is 22.3. The third-order valence-corrected chi connectivity index (χ3v) is 6.03. The Morgan fingerprint density at radius 3 is 2.19 bits per heavy atom. The molecule has 12 heteroatoms. The van der Waals surface area contributed by atoms with Crippen LogP contribution >= 0.6 is 31.9 Å². The Labute approximate surface area is 167 Å². The van der Waals surface area contributed by atoms with Gasteiger partial charge in [-0.15, -0.1) is 0 Å². The summed E-state index contributed by atoms with van der Waals surface area (Å²) >= 11 is 5.97. The van der Waals surface area contributed by atoms with Gasteiger partial charge in [-0.25, -0.2) is 4.21 Å². The second kappa shape index (κ2) is 7.78. The summed E-state index contributed by atoms with van der Waals surface area (Å²) in [5.74, 6) is -6.48. The number of benzene rings is 1. The molecule has 1 unspecified atom stereocenters. The van der Waals surface area contributed by atoms with Crippen molar-refractivity contribution in [3.05, 3.63) is 56.7 Å². The predicted molar refractivity (Wildman–Crippen MR) is 91.2 cm³/mol. The van der Waals surface area contributed by atoms with Crippen LogP contribution in [0.5, 0.6) is 0 Å². The van der Waals surface area contributed by atoms with Crippen molar-refractivity contribution in [3.63, 3.8) is 0 Å². The first-order valence-electron chi connectivity index (χ1n) is 6.90. The predicted octanol–water partition coefficient (Wildman–Crippen LogP) is 6.10. The monoisotopic (exact) mass is 541 g/mol. The zero-order chi connectivity index (χ0) is 20.6. The molecular weight excluding hydrogens is 535 g/mol. The molecule has 1 aromatic carbocycles. The third kappa shape index (κ3) is 4.37. The average Bonchev–Trinajstić information content (AvgIpc) is 2.56. The number of hydrogen-bond donors (Lipinski definition) is 0. The van der Waals surface area contributed by atoms with Crippen molar-refractivity contribution in [3.8, 4) is 0 Å². The highest BCUT2D eigenvalue weighted by atomic mass is 79.9. The number of aromatic nitrogens is 1. The summed E-state index contributed by atoms with van der Waals surface area (Å²) in [7, 11) is -4.00. The zero-order valence-corrected chi connectivity index (χ0v) is 16.8. The van der Waals surface area contributed by atoms with Gasteiger partial charge in [0.2, 0.25) is 0 Å². The molecule has 0 amide bonds. The summed E-state index contributed by atoms with van der Waals surface area (Å²) in [5.41, 5.74) is 0.326. The van der Waals surface area contributed by atoms with Gasteiger partial charge in [-0.3, -0.25) is 4.98 Å².